The van der Waals surface area contributed by atoms with Crippen molar-refractivity contribution in [2.45, 2.75) is 87.6 Å². The Bertz CT molecular complexity index is 1360. The smallest absolute Gasteiger partial charge is 0.420 e. The van der Waals surface area contributed by atoms with Crippen LogP contribution < -0.4 is 0 Å². The van der Waals surface area contributed by atoms with Gasteiger partial charge in [0.25, 0.3) is 30.5 Å². The van der Waals surface area contributed by atoms with Gasteiger partial charge in [0.1, 0.15) is 0 Å². The highest BCUT2D eigenvalue weighted by molar-refractivity contribution is 6.01. The molecule has 0 spiro atoms. The molecule has 4 aliphatic heterocycles. The van der Waals surface area contributed by atoms with Crippen LogP contribution in [0, 0.1) is 0 Å². The molecule has 4 aliphatic rings. The Morgan fingerprint density at radius 3 is 0.868 bits per heavy atom. The molecule has 31 heteroatoms. The lowest BCUT2D eigenvalue weighted by Gasteiger charge is -2.37. The van der Waals surface area contributed by atoms with Gasteiger partial charge in [0.2, 0.25) is 0 Å². The average Bonchev–Trinajstić information content (AvgIpc) is 2.94. The van der Waals surface area contributed by atoms with Crippen LogP contribution in [0.3, 0.4) is 0 Å². The summed E-state index contributed by atoms with van der Waals surface area (Å²) in [6.07, 6.45) is -33.2. The molecule has 16 nitrogen and oxygen atoms in total. The van der Waals surface area contributed by atoms with Crippen LogP contribution >= 0.6 is 0 Å². The largest absolute Gasteiger partial charge is 0.590 e. The van der Waals surface area contributed by atoms with Gasteiger partial charge in [-0.05, 0) is 0 Å². The van der Waals surface area contributed by atoms with E-state index in [9.17, 15) is 104 Å². The molecule has 0 amide bonds. The molecule has 0 aromatic heterocycles. The lowest BCUT2D eigenvalue weighted by Crippen LogP contribution is -2.66. The highest BCUT2D eigenvalue weighted by atomic mass is 19.4. The topological polar surface area (TPSA) is 210 Å². The summed E-state index contributed by atoms with van der Waals surface area (Å²) in [5.41, 5.74) is 0. The molecule has 0 atom stereocenters. The van der Waals surface area contributed by atoms with E-state index in [4.69, 9.17) is 0 Å². The summed E-state index contributed by atoms with van der Waals surface area (Å²) < 4.78 is 210. The quantitative estimate of drug-likeness (QED) is 0.148. The fourth-order valence-corrected chi connectivity index (χ4v) is 2.78. The van der Waals surface area contributed by atoms with Gasteiger partial charge >= 0.3 is 84.2 Å². The molecule has 0 saturated carbocycles. The second-order valence-corrected chi connectivity index (χ2v) is 9.74. The zero-order chi connectivity index (χ0) is 42.1. The maximum absolute atomic E-state index is 12.4. The monoisotopic (exact) mass is 818 g/mol. The summed E-state index contributed by atoms with van der Waals surface area (Å²) in [7, 11) is 0. The van der Waals surface area contributed by atoms with Gasteiger partial charge in [-0.1, -0.05) is 0 Å². The molecule has 4 fully saturated rings. The fourth-order valence-electron chi connectivity index (χ4n) is 2.78. The Labute approximate surface area is 278 Å². The van der Waals surface area contributed by atoms with Crippen molar-refractivity contribution in [3.05, 3.63) is 0 Å². The van der Waals surface area contributed by atoms with E-state index in [1.807, 2.05) is 0 Å². The maximum atomic E-state index is 12.4. The number of carbonyl (C=O) groups is 8. The number of cyclic esters (lactones) is 8. The maximum Gasteiger partial charge on any atom is 0.590 e. The molecule has 53 heavy (non-hydrogen) atoms. The number of hydrogen-bond acceptors (Lipinski definition) is 16. The van der Waals surface area contributed by atoms with Gasteiger partial charge in [-0.25, -0.2) is 55.9 Å². The minimum Gasteiger partial charge on any atom is -0.420 e. The molecule has 4 rings (SSSR count). The van der Waals surface area contributed by atoms with Crippen LogP contribution in [0.25, 0.3) is 0 Å². The van der Waals surface area contributed by atoms with Gasteiger partial charge in [-0.3, -0.25) is 0 Å². The van der Waals surface area contributed by atoms with Crippen LogP contribution in [0.2, 0.25) is 0 Å². The van der Waals surface area contributed by atoms with Gasteiger partial charge in [-0.2, -0.15) is 39.5 Å². The van der Waals surface area contributed by atoms with Crippen molar-refractivity contribution >= 4 is 47.8 Å². The molecule has 0 radical (unpaired) electrons. The number of esters is 8. The average molecular weight is 818 g/mol. The van der Waals surface area contributed by atoms with Crippen LogP contribution in [0.4, 0.5) is 65.9 Å². The van der Waals surface area contributed by atoms with Crippen molar-refractivity contribution in [3.63, 3.8) is 0 Å². The third-order valence-corrected chi connectivity index (χ3v) is 5.13. The highest BCUT2D eigenvalue weighted by Gasteiger charge is 2.81. The molecule has 302 valence electrons. The summed E-state index contributed by atoms with van der Waals surface area (Å²) in [5, 5.41) is 0. The lowest BCUT2D eigenvalue weighted by molar-refractivity contribution is -0.450. The number of halogens is 15. The lowest BCUT2D eigenvalue weighted by atomic mass is 10.2. The Morgan fingerprint density at radius 2 is 0.623 bits per heavy atom. The summed E-state index contributed by atoms with van der Waals surface area (Å²) in [5.74, 6) is -25.5. The predicted molar refractivity (Wildman–Crippen MR) is 117 cm³/mol. The first kappa shape index (κ1) is 45.7. The first-order valence-corrected chi connectivity index (χ1v) is 12.4. The SMILES string of the molecule is CC1(C(F)(F)F)OC(=O)C(F)C(=O)O1.CC1(C)OC(=O)C(F)C(=O)O1.O=C1OC(C(F)(F)F)(C(F)(F)F)OC(=O)C1F.O=C1OC(F)(F)OC(=O)C1F. The van der Waals surface area contributed by atoms with Crippen molar-refractivity contribution in [3.8, 4) is 0 Å². The van der Waals surface area contributed by atoms with E-state index in [1.54, 1.807) is 0 Å². The van der Waals surface area contributed by atoms with Gasteiger partial charge in [0.05, 0.1) is 0 Å². The third kappa shape index (κ3) is 10.6. The van der Waals surface area contributed by atoms with E-state index < -0.39 is 115 Å². The third-order valence-electron chi connectivity index (χ3n) is 5.13. The van der Waals surface area contributed by atoms with Crippen LogP contribution in [0.15, 0.2) is 0 Å². The van der Waals surface area contributed by atoms with Crippen LogP contribution in [-0.2, 0) is 76.3 Å². The van der Waals surface area contributed by atoms with Gasteiger partial charge < -0.3 is 37.9 Å². The zero-order valence-electron chi connectivity index (χ0n) is 25.0. The highest BCUT2D eigenvalue weighted by Crippen LogP contribution is 2.48. The van der Waals surface area contributed by atoms with E-state index in [1.165, 1.54) is 13.8 Å². The van der Waals surface area contributed by atoms with Crippen molar-refractivity contribution < 1.29 is 142 Å². The molecular formula is C22H13F15O16. The van der Waals surface area contributed by atoms with Gasteiger partial charge in [-0.15, -0.1) is 8.78 Å². The Hall–Kier alpha value is -5.29. The van der Waals surface area contributed by atoms with Gasteiger partial charge in [0.15, 0.2) is 0 Å². The summed E-state index contributed by atoms with van der Waals surface area (Å²) >= 11 is 0. The van der Waals surface area contributed by atoms with Gasteiger partial charge in [0, 0.05) is 20.8 Å². The molecule has 0 aromatic carbocycles. The molecule has 0 unspecified atom stereocenters. The zero-order valence-corrected chi connectivity index (χ0v) is 25.0. The van der Waals surface area contributed by atoms with Crippen LogP contribution in [0.5, 0.6) is 0 Å². The molecule has 0 aliphatic carbocycles. The Morgan fingerprint density at radius 1 is 0.396 bits per heavy atom. The van der Waals surface area contributed by atoms with E-state index >= 15 is 0 Å². The van der Waals surface area contributed by atoms with Crippen molar-refractivity contribution in [1.82, 2.24) is 0 Å². The molecule has 0 N–H and O–H groups in total. The van der Waals surface area contributed by atoms with Crippen LogP contribution in [0.1, 0.15) is 20.8 Å². The number of carbonyl (C=O) groups excluding carboxylic acids is 8. The normalized spacial score (nSPS) is 26.0. The van der Waals surface area contributed by atoms with Crippen molar-refractivity contribution in [2.75, 3.05) is 0 Å². The standard InChI is InChI=1S/C6HF7O4.C6H4F4O4.C6H7FO4.C4HF3O4/c7-1-2(14)16-4(5(8,9)10,6(11,12)13)17-3(1)15;1-5(6(8,9)10)13-3(11)2(7)4(12)14-5;1-6(2)10-4(8)3(7)5(9)11-6;5-1-2(8)10-4(6,7)11-3(1)9/h1H;2H,1H3;3H,1-2H3;1H. The molecular weight excluding hydrogens is 805 g/mol. The summed E-state index contributed by atoms with van der Waals surface area (Å²) in [6.45, 7) is 3.03. The second-order valence-electron chi connectivity index (χ2n) is 9.74. The van der Waals surface area contributed by atoms with Crippen molar-refractivity contribution in [1.29, 1.82) is 0 Å². The first-order valence-electron chi connectivity index (χ1n) is 12.4. The second kappa shape index (κ2) is 15.0. The minimum atomic E-state index is -6.28. The first-order chi connectivity index (χ1) is 23.4. The van der Waals surface area contributed by atoms with E-state index in [-0.39, 0.29) is 0 Å². The predicted octanol–water partition coefficient (Wildman–Crippen LogP) is 2.08. The van der Waals surface area contributed by atoms with E-state index in [2.05, 4.69) is 37.9 Å². The molecule has 0 bridgehead atoms. The molecule has 0 aromatic rings. The van der Waals surface area contributed by atoms with E-state index in [0.29, 0.717) is 6.92 Å². The molecule has 4 saturated heterocycles. The minimum absolute atomic E-state index is 0.314. The number of rotatable bonds is 0. The summed E-state index contributed by atoms with van der Waals surface area (Å²) in [4.78, 5) is 82.9. The summed E-state index contributed by atoms with van der Waals surface area (Å²) in [6, 6.07) is 0. The van der Waals surface area contributed by atoms with Crippen molar-refractivity contribution in [2.24, 2.45) is 0 Å². The Kier molecular flexibility index (Phi) is 12.9. The fraction of sp³-hybridized carbons (Fsp3) is 0.636. The van der Waals surface area contributed by atoms with Crippen LogP contribution in [-0.4, -0.2) is 115 Å². The van der Waals surface area contributed by atoms with E-state index in [0.717, 1.165) is 0 Å². The molecule has 4 heterocycles. The number of ether oxygens (including phenoxy) is 8. The Balaban J connectivity index is 0.000000359. The number of alkyl halides is 15. The number of hydrogen-bond donors (Lipinski definition) is 0.